The van der Waals surface area contributed by atoms with Crippen LogP contribution in [0.5, 0.6) is 11.5 Å². The number of aryl methyl sites for hydroxylation is 1. The molecule has 0 spiro atoms. The van der Waals surface area contributed by atoms with Crippen LogP contribution in [0.25, 0.3) is 0 Å². The molecule has 0 heterocycles. The van der Waals surface area contributed by atoms with Crippen LogP contribution in [0.1, 0.15) is 16.7 Å². The first kappa shape index (κ1) is 18.9. The Morgan fingerprint density at radius 3 is 2.63 bits per heavy atom. The number of rotatable bonds is 6. The van der Waals surface area contributed by atoms with Gasteiger partial charge >= 0.3 is 0 Å². The Labute approximate surface area is 163 Å². The molecule has 0 aliphatic heterocycles. The summed E-state index contributed by atoms with van der Waals surface area (Å²) in [6.07, 6.45) is 1.74. The highest BCUT2D eigenvalue weighted by Crippen LogP contribution is 2.29. The minimum atomic E-state index is -0.294. The number of hydrogen-bond donors (Lipinski definition) is 0. The van der Waals surface area contributed by atoms with Crippen molar-refractivity contribution in [1.29, 1.82) is 0 Å². The van der Waals surface area contributed by atoms with Gasteiger partial charge in [-0.15, -0.1) is 0 Å². The van der Waals surface area contributed by atoms with Gasteiger partial charge in [-0.05, 0) is 54.4 Å². The second kappa shape index (κ2) is 8.69. The van der Waals surface area contributed by atoms with E-state index in [2.05, 4.69) is 4.99 Å². The first-order valence-corrected chi connectivity index (χ1v) is 8.79. The summed E-state index contributed by atoms with van der Waals surface area (Å²) < 4.78 is 24.8. The summed E-state index contributed by atoms with van der Waals surface area (Å²) in [5, 5.41) is 0.641. The second-order valence-corrected chi connectivity index (χ2v) is 6.42. The third-order valence-corrected chi connectivity index (χ3v) is 4.29. The zero-order chi connectivity index (χ0) is 19.2. The van der Waals surface area contributed by atoms with Crippen molar-refractivity contribution in [3.05, 3.63) is 88.2 Å². The van der Waals surface area contributed by atoms with Gasteiger partial charge in [-0.25, -0.2) is 4.39 Å². The van der Waals surface area contributed by atoms with Crippen LogP contribution in [-0.4, -0.2) is 13.3 Å². The van der Waals surface area contributed by atoms with Crippen molar-refractivity contribution in [1.82, 2.24) is 0 Å². The van der Waals surface area contributed by atoms with E-state index in [0.717, 1.165) is 16.8 Å². The highest BCUT2D eigenvalue weighted by molar-refractivity contribution is 6.30. The van der Waals surface area contributed by atoms with Crippen LogP contribution in [0.4, 0.5) is 10.1 Å². The van der Waals surface area contributed by atoms with Gasteiger partial charge in [0.25, 0.3) is 0 Å². The van der Waals surface area contributed by atoms with Crippen LogP contribution in [0.3, 0.4) is 0 Å². The summed E-state index contributed by atoms with van der Waals surface area (Å²) in [7, 11) is 1.56. The van der Waals surface area contributed by atoms with Gasteiger partial charge in [-0.1, -0.05) is 35.9 Å². The lowest BCUT2D eigenvalue weighted by Crippen LogP contribution is -2.00. The maximum absolute atomic E-state index is 13.7. The SMILES string of the molecule is COc1cc(C=Nc2cc(Cl)ccc2C)ccc1OCc1ccccc1F. The standard InChI is InChI=1S/C22H19ClFNO2/c1-15-7-9-18(23)12-20(15)25-13-16-8-10-21(22(11-16)26-2)27-14-17-5-3-4-6-19(17)24/h3-13H,14H2,1-2H3. The number of ether oxygens (including phenoxy) is 2. The van der Waals surface area contributed by atoms with Crippen LogP contribution < -0.4 is 9.47 Å². The van der Waals surface area contributed by atoms with E-state index in [1.807, 2.05) is 37.3 Å². The van der Waals surface area contributed by atoms with Crippen LogP contribution in [0, 0.1) is 12.7 Å². The van der Waals surface area contributed by atoms with Crippen molar-refractivity contribution >= 4 is 23.5 Å². The van der Waals surface area contributed by atoms with Gasteiger partial charge < -0.3 is 9.47 Å². The fraction of sp³-hybridized carbons (Fsp3) is 0.136. The van der Waals surface area contributed by atoms with Crippen LogP contribution in [0.15, 0.2) is 65.7 Å². The summed E-state index contributed by atoms with van der Waals surface area (Å²) in [6, 6.07) is 17.6. The molecule has 3 nitrogen and oxygen atoms in total. The van der Waals surface area contributed by atoms with Crippen molar-refractivity contribution in [2.24, 2.45) is 4.99 Å². The Balaban J connectivity index is 1.77. The van der Waals surface area contributed by atoms with Gasteiger partial charge in [0.15, 0.2) is 11.5 Å². The molecule has 3 rings (SSSR count). The van der Waals surface area contributed by atoms with Gasteiger partial charge in [0.2, 0.25) is 0 Å². The Hall–Kier alpha value is -2.85. The number of aliphatic imine (C=N–C) groups is 1. The third kappa shape index (κ3) is 4.86. The molecule has 0 saturated carbocycles. The van der Waals surface area contributed by atoms with E-state index in [-0.39, 0.29) is 12.4 Å². The van der Waals surface area contributed by atoms with Crippen molar-refractivity contribution < 1.29 is 13.9 Å². The lowest BCUT2D eigenvalue weighted by Gasteiger charge is -2.11. The molecule has 138 valence electrons. The van der Waals surface area contributed by atoms with Crippen molar-refractivity contribution in [3.8, 4) is 11.5 Å². The summed E-state index contributed by atoms with van der Waals surface area (Å²) in [6.45, 7) is 2.10. The molecule has 0 aliphatic rings. The van der Waals surface area contributed by atoms with Gasteiger partial charge in [0, 0.05) is 16.8 Å². The highest BCUT2D eigenvalue weighted by atomic mass is 35.5. The third-order valence-electron chi connectivity index (χ3n) is 4.05. The van der Waals surface area contributed by atoms with Gasteiger partial charge in [-0.3, -0.25) is 4.99 Å². The molecule has 3 aromatic rings. The molecule has 0 aromatic heterocycles. The Bertz CT molecular complexity index is 972. The predicted molar refractivity (Wildman–Crippen MR) is 107 cm³/mol. The molecule has 0 atom stereocenters. The average molecular weight is 384 g/mol. The Morgan fingerprint density at radius 1 is 1.04 bits per heavy atom. The van der Waals surface area contributed by atoms with E-state index in [9.17, 15) is 4.39 Å². The highest BCUT2D eigenvalue weighted by Gasteiger charge is 2.08. The van der Waals surface area contributed by atoms with Gasteiger partial charge in [0.05, 0.1) is 12.8 Å². The molecule has 0 aliphatic carbocycles. The van der Waals surface area contributed by atoms with E-state index in [4.69, 9.17) is 21.1 Å². The fourth-order valence-electron chi connectivity index (χ4n) is 2.52. The van der Waals surface area contributed by atoms with Crippen LogP contribution >= 0.6 is 11.6 Å². The van der Waals surface area contributed by atoms with E-state index < -0.39 is 0 Å². The maximum Gasteiger partial charge on any atom is 0.161 e. The normalized spacial score (nSPS) is 11.0. The molecule has 0 fully saturated rings. The summed E-state index contributed by atoms with van der Waals surface area (Å²) in [5.74, 6) is 0.798. The molecule has 3 aromatic carbocycles. The first-order chi connectivity index (χ1) is 13.1. The number of methoxy groups -OCH3 is 1. The lowest BCUT2D eigenvalue weighted by molar-refractivity contribution is 0.279. The topological polar surface area (TPSA) is 30.8 Å². The van der Waals surface area contributed by atoms with E-state index >= 15 is 0 Å². The minimum absolute atomic E-state index is 0.123. The lowest BCUT2D eigenvalue weighted by atomic mass is 10.2. The summed E-state index contributed by atoms with van der Waals surface area (Å²) in [5.41, 5.74) is 3.18. The predicted octanol–water partition coefficient (Wildman–Crippen LogP) is 6.13. The quantitative estimate of drug-likeness (QED) is 0.479. The number of nitrogens with zero attached hydrogens (tertiary/aromatic N) is 1. The van der Waals surface area contributed by atoms with Crippen molar-refractivity contribution in [2.45, 2.75) is 13.5 Å². The molecule has 0 radical (unpaired) electrons. The van der Waals surface area contributed by atoms with Crippen molar-refractivity contribution in [3.63, 3.8) is 0 Å². The fourth-order valence-corrected chi connectivity index (χ4v) is 2.69. The molecule has 5 heteroatoms. The number of benzene rings is 3. The molecule has 0 N–H and O–H groups in total. The zero-order valence-electron chi connectivity index (χ0n) is 15.1. The Morgan fingerprint density at radius 2 is 1.85 bits per heavy atom. The molecular formula is C22H19ClFNO2. The molecule has 0 bridgehead atoms. The second-order valence-electron chi connectivity index (χ2n) is 5.98. The van der Waals surface area contributed by atoms with E-state index in [1.54, 1.807) is 37.6 Å². The summed E-state index contributed by atoms with van der Waals surface area (Å²) >= 11 is 6.03. The van der Waals surface area contributed by atoms with Gasteiger partial charge in [-0.2, -0.15) is 0 Å². The molecule has 0 saturated heterocycles. The van der Waals surface area contributed by atoms with Gasteiger partial charge in [0.1, 0.15) is 12.4 Å². The molecule has 0 amide bonds. The van der Waals surface area contributed by atoms with Crippen molar-refractivity contribution in [2.75, 3.05) is 7.11 Å². The number of halogens is 2. The first-order valence-electron chi connectivity index (χ1n) is 8.41. The van der Waals surface area contributed by atoms with E-state index in [0.29, 0.717) is 22.1 Å². The molecule has 27 heavy (non-hydrogen) atoms. The maximum atomic E-state index is 13.7. The Kier molecular flexibility index (Phi) is 6.09. The smallest absolute Gasteiger partial charge is 0.161 e. The largest absolute Gasteiger partial charge is 0.493 e. The zero-order valence-corrected chi connectivity index (χ0v) is 15.8. The minimum Gasteiger partial charge on any atom is -0.493 e. The monoisotopic (exact) mass is 383 g/mol. The molecule has 0 unspecified atom stereocenters. The summed E-state index contributed by atoms with van der Waals surface area (Å²) in [4.78, 5) is 4.49. The number of hydrogen-bond acceptors (Lipinski definition) is 3. The average Bonchev–Trinajstić information content (AvgIpc) is 2.68. The van der Waals surface area contributed by atoms with Crippen LogP contribution in [0.2, 0.25) is 5.02 Å². The van der Waals surface area contributed by atoms with Crippen LogP contribution in [-0.2, 0) is 6.61 Å². The van der Waals surface area contributed by atoms with E-state index in [1.165, 1.54) is 6.07 Å². The molecular weight excluding hydrogens is 365 g/mol.